The van der Waals surface area contributed by atoms with E-state index in [0.717, 1.165) is 17.2 Å². The van der Waals surface area contributed by atoms with Crippen LogP contribution in [0.2, 0.25) is 0 Å². The van der Waals surface area contributed by atoms with Crippen LogP contribution in [0.3, 0.4) is 0 Å². The molecule has 0 spiro atoms. The van der Waals surface area contributed by atoms with Crippen LogP contribution in [0.4, 0.5) is 0 Å². The number of carbonyl (C=O) groups excluding carboxylic acids is 1. The van der Waals surface area contributed by atoms with E-state index in [1.165, 1.54) is 7.11 Å². The number of hydrogen-bond acceptors (Lipinski definition) is 3. The minimum Gasteiger partial charge on any atom is -0.496 e. The first-order valence-corrected chi connectivity index (χ1v) is 4.49. The lowest BCUT2D eigenvalue weighted by atomic mass is 10.1. The van der Waals surface area contributed by atoms with E-state index in [0.29, 0.717) is 17.1 Å². The van der Waals surface area contributed by atoms with Crippen LogP contribution in [0, 0.1) is 0 Å². The Morgan fingerprint density at radius 2 is 2.00 bits per heavy atom. The SMILES string of the molecule is COc1cc(OC)c2[nH]ccc2c1C=O. The maximum absolute atomic E-state index is 11.0. The Morgan fingerprint density at radius 3 is 2.60 bits per heavy atom. The van der Waals surface area contributed by atoms with Gasteiger partial charge in [0.15, 0.2) is 6.29 Å². The number of fused-ring (bicyclic) bond motifs is 1. The number of rotatable bonds is 3. The molecule has 0 atom stereocenters. The van der Waals surface area contributed by atoms with Crippen LogP contribution in [-0.4, -0.2) is 25.5 Å². The van der Waals surface area contributed by atoms with Crippen molar-refractivity contribution in [2.45, 2.75) is 0 Å². The monoisotopic (exact) mass is 205 g/mol. The van der Waals surface area contributed by atoms with Gasteiger partial charge in [-0.05, 0) is 6.07 Å². The second kappa shape index (κ2) is 3.65. The molecule has 0 fully saturated rings. The van der Waals surface area contributed by atoms with Crippen molar-refractivity contribution in [1.29, 1.82) is 0 Å². The molecule has 0 saturated heterocycles. The zero-order valence-electron chi connectivity index (χ0n) is 8.53. The van der Waals surface area contributed by atoms with Gasteiger partial charge in [-0.1, -0.05) is 0 Å². The predicted octanol–water partition coefficient (Wildman–Crippen LogP) is 2.00. The zero-order chi connectivity index (χ0) is 10.8. The number of H-pyrrole nitrogens is 1. The number of ether oxygens (including phenoxy) is 2. The highest BCUT2D eigenvalue weighted by atomic mass is 16.5. The molecule has 0 radical (unpaired) electrons. The van der Waals surface area contributed by atoms with Gasteiger partial charge < -0.3 is 14.5 Å². The van der Waals surface area contributed by atoms with Gasteiger partial charge in [-0.25, -0.2) is 0 Å². The lowest BCUT2D eigenvalue weighted by Crippen LogP contribution is -1.94. The van der Waals surface area contributed by atoms with Crippen LogP contribution >= 0.6 is 0 Å². The highest BCUT2D eigenvalue weighted by Crippen LogP contribution is 2.33. The van der Waals surface area contributed by atoms with Crippen molar-refractivity contribution in [3.63, 3.8) is 0 Å². The van der Waals surface area contributed by atoms with E-state index >= 15 is 0 Å². The van der Waals surface area contributed by atoms with Gasteiger partial charge in [-0.3, -0.25) is 4.79 Å². The summed E-state index contributed by atoms with van der Waals surface area (Å²) in [6.07, 6.45) is 2.55. The number of aromatic amines is 1. The molecule has 0 amide bonds. The topological polar surface area (TPSA) is 51.3 Å². The Labute approximate surface area is 86.8 Å². The summed E-state index contributed by atoms with van der Waals surface area (Å²) in [5.41, 5.74) is 1.34. The van der Waals surface area contributed by atoms with Gasteiger partial charge in [0.05, 0.1) is 25.3 Å². The van der Waals surface area contributed by atoms with Gasteiger partial charge in [0.25, 0.3) is 0 Å². The molecule has 0 aliphatic heterocycles. The number of hydrogen-bond donors (Lipinski definition) is 1. The van der Waals surface area contributed by atoms with Crippen LogP contribution in [-0.2, 0) is 0 Å². The molecule has 2 aromatic rings. The third-order valence-electron chi connectivity index (χ3n) is 2.37. The van der Waals surface area contributed by atoms with E-state index in [1.54, 1.807) is 19.4 Å². The minimum absolute atomic E-state index is 0.522. The van der Waals surface area contributed by atoms with Crippen molar-refractivity contribution in [3.05, 3.63) is 23.9 Å². The Kier molecular flexibility index (Phi) is 2.33. The Hall–Kier alpha value is -1.97. The second-order valence-electron chi connectivity index (χ2n) is 3.08. The molecule has 2 rings (SSSR count). The van der Waals surface area contributed by atoms with Crippen molar-refractivity contribution in [2.24, 2.45) is 0 Å². The second-order valence-corrected chi connectivity index (χ2v) is 3.08. The lowest BCUT2D eigenvalue weighted by Gasteiger charge is -2.08. The molecule has 0 saturated carbocycles. The number of aromatic nitrogens is 1. The molecule has 4 heteroatoms. The predicted molar refractivity (Wildman–Crippen MR) is 56.8 cm³/mol. The standard InChI is InChI=1S/C11H11NO3/c1-14-9-5-10(15-2)11-7(3-4-12-11)8(9)6-13/h3-6,12H,1-2H3. The van der Waals surface area contributed by atoms with E-state index < -0.39 is 0 Å². The maximum Gasteiger partial charge on any atom is 0.154 e. The van der Waals surface area contributed by atoms with Gasteiger partial charge in [-0.2, -0.15) is 0 Å². The van der Waals surface area contributed by atoms with Crippen molar-refractivity contribution >= 4 is 17.2 Å². The number of benzene rings is 1. The molecule has 1 aromatic heterocycles. The van der Waals surface area contributed by atoms with Crippen molar-refractivity contribution < 1.29 is 14.3 Å². The van der Waals surface area contributed by atoms with Crippen LogP contribution in [0.25, 0.3) is 10.9 Å². The van der Waals surface area contributed by atoms with E-state index in [2.05, 4.69) is 4.98 Å². The van der Waals surface area contributed by atoms with Crippen LogP contribution in [0.1, 0.15) is 10.4 Å². The molecule has 1 heterocycles. The fraction of sp³-hybridized carbons (Fsp3) is 0.182. The smallest absolute Gasteiger partial charge is 0.154 e. The maximum atomic E-state index is 11.0. The molecule has 4 nitrogen and oxygen atoms in total. The van der Waals surface area contributed by atoms with Gasteiger partial charge in [0.2, 0.25) is 0 Å². The summed E-state index contributed by atoms with van der Waals surface area (Å²) >= 11 is 0. The molecule has 78 valence electrons. The first kappa shape index (κ1) is 9.58. The fourth-order valence-corrected chi connectivity index (χ4v) is 1.65. The summed E-state index contributed by atoms with van der Waals surface area (Å²) in [5, 5.41) is 0.807. The summed E-state index contributed by atoms with van der Waals surface area (Å²) in [6, 6.07) is 3.52. The van der Waals surface area contributed by atoms with E-state index in [1.807, 2.05) is 6.07 Å². The van der Waals surface area contributed by atoms with E-state index in [4.69, 9.17) is 9.47 Å². The molecule has 0 unspecified atom stereocenters. The number of carbonyl (C=O) groups is 1. The van der Waals surface area contributed by atoms with Crippen LogP contribution < -0.4 is 9.47 Å². The number of nitrogens with one attached hydrogen (secondary N) is 1. The zero-order valence-corrected chi connectivity index (χ0v) is 8.53. The third kappa shape index (κ3) is 1.34. The van der Waals surface area contributed by atoms with Gasteiger partial charge >= 0.3 is 0 Å². The first-order valence-electron chi connectivity index (χ1n) is 4.49. The molecule has 1 aromatic carbocycles. The van der Waals surface area contributed by atoms with Crippen molar-refractivity contribution in [2.75, 3.05) is 14.2 Å². The van der Waals surface area contributed by atoms with E-state index in [9.17, 15) is 4.79 Å². The molecule has 0 aliphatic rings. The summed E-state index contributed by atoms with van der Waals surface area (Å²) in [7, 11) is 3.11. The summed E-state index contributed by atoms with van der Waals surface area (Å²) < 4.78 is 10.3. The number of aldehydes is 1. The molecular weight excluding hydrogens is 194 g/mol. The Bertz CT molecular complexity index is 502. The van der Waals surface area contributed by atoms with Crippen LogP contribution in [0.15, 0.2) is 18.3 Å². The number of methoxy groups -OCH3 is 2. The van der Waals surface area contributed by atoms with Crippen molar-refractivity contribution in [3.8, 4) is 11.5 Å². The highest BCUT2D eigenvalue weighted by molar-refractivity contribution is 6.02. The summed E-state index contributed by atoms with van der Waals surface area (Å²) in [5.74, 6) is 1.19. The molecular formula is C11H11NO3. The van der Waals surface area contributed by atoms with Gasteiger partial charge in [0.1, 0.15) is 11.5 Å². The average Bonchev–Trinajstić information content (AvgIpc) is 2.75. The minimum atomic E-state index is 0.522. The van der Waals surface area contributed by atoms with Gasteiger partial charge in [0, 0.05) is 17.6 Å². The molecule has 1 N–H and O–H groups in total. The normalized spacial score (nSPS) is 10.3. The highest BCUT2D eigenvalue weighted by Gasteiger charge is 2.13. The van der Waals surface area contributed by atoms with E-state index in [-0.39, 0.29) is 0 Å². The first-order chi connectivity index (χ1) is 7.31. The molecule has 0 aliphatic carbocycles. The third-order valence-corrected chi connectivity index (χ3v) is 2.37. The largest absolute Gasteiger partial charge is 0.496 e. The lowest BCUT2D eigenvalue weighted by molar-refractivity contribution is 0.112. The van der Waals surface area contributed by atoms with Crippen molar-refractivity contribution in [1.82, 2.24) is 4.98 Å². The molecule has 15 heavy (non-hydrogen) atoms. The van der Waals surface area contributed by atoms with Crippen LogP contribution in [0.5, 0.6) is 11.5 Å². The summed E-state index contributed by atoms with van der Waals surface area (Å²) in [6.45, 7) is 0. The van der Waals surface area contributed by atoms with Gasteiger partial charge in [-0.15, -0.1) is 0 Å². The average molecular weight is 205 g/mol. The molecule has 0 bridgehead atoms. The Balaban J connectivity index is 2.84. The quantitative estimate of drug-likeness (QED) is 0.779. The Morgan fingerprint density at radius 1 is 1.27 bits per heavy atom. The fourth-order valence-electron chi connectivity index (χ4n) is 1.65. The summed E-state index contributed by atoms with van der Waals surface area (Å²) in [4.78, 5) is 14.0.